The van der Waals surface area contributed by atoms with Crippen LogP contribution in [0, 0.1) is 0 Å². The van der Waals surface area contributed by atoms with Crippen LogP contribution in [0.1, 0.15) is 6.92 Å². The van der Waals surface area contributed by atoms with E-state index in [4.69, 9.17) is 9.47 Å². The van der Waals surface area contributed by atoms with Crippen molar-refractivity contribution in [2.24, 2.45) is 0 Å². The van der Waals surface area contributed by atoms with E-state index in [-0.39, 0.29) is 6.10 Å². The van der Waals surface area contributed by atoms with E-state index in [0.29, 0.717) is 6.61 Å². The summed E-state index contributed by atoms with van der Waals surface area (Å²) in [7, 11) is 0. The lowest BCUT2D eigenvalue weighted by atomic mass is 10.2. The van der Waals surface area contributed by atoms with Gasteiger partial charge in [0, 0.05) is 12.4 Å². The molecule has 0 spiro atoms. The Morgan fingerprint density at radius 3 is 2.47 bits per heavy atom. The highest BCUT2D eigenvalue weighted by atomic mass is 16.5. The Labute approximate surface area is 99.2 Å². The highest BCUT2D eigenvalue weighted by molar-refractivity contribution is 5.68. The first kappa shape index (κ1) is 10.1. The van der Waals surface area contributed by atoms with Gasteiger partial charge in [0.25, 0.3) is 0 Å². The van der Waals surface area contributed by atoms with Crippen molar-refractivity contribution < 1.29 is 9.47 Å². The fraction of sp³-hybridized carbons (Fsp3) is 0.231. The van der Waals surface area contributed by atoms with Crippen LogP contribution >= 0.6 is 0 Å². The van der Waals surface area contributed by atoms with Gasteiger partial charge in [0.05, 0.1) is 0 Å². The highest BCUT2D eigenvalue weighted by Crippen LogP contribution is 2.34. The predicted molar refractivity (Wildman–Crippen MR) is 63.1 cm³/mol. The van der Waals surface area contributed by atoms with E-state index in [1.165, 1.54) is 0 Å². The first-order valence-corrected chi connectivity index (χ1v) is 5.54. The molecule has 0 aliphatic carbocycles. The molecule has 0 radical (unpaired) electrons. The van der Waals surface area contributed by atoms with Crippen LogP contribution < -0.4 is 9.47 Å². The van der Waals surface area contributed by atoms with Gasteiger partial charge in [0.1, 0.15) is 35.6 Å². The summed E-state index contributed by atoms with van der Waals surface area (Å²) in [6, 6.07) is 7.52. The van der Waals surface area contributed by atoms with Crippen LogP contribution in [0.25, 0.3) is 11.4 Å². The number of ether oxygens (including phenoxy) is 2. The zero-order valence-corrected chi connectivity index (χ0v) is 9.46. The molecule has 2 aromatic rings. The maximum Gasteiger partial charge on any atom is 0.147 e. The van der Waals surface area contributed by atoms with Crippen LogP contribution in [0.3, 0.4) is 0 Å². The van der Waals surface area contributed by atoms with Crippen molar-refractivity contribution in [3.8, 4) is 22.9 Å². The Bertz CT molecular complexity index is 542. The van der Waals surface area contributed by atoms with Crippen LogP contribution in [-0.4, -0.2) is 22.7 Å². The molecule has 0 aromatic carbocycles. The zero-order chi connectivity index (χ0) is 11.7. The second-order valence-electron chi connectivity index (χ2n) is 3.94. The predicted octanol–water partition coefficient (Wildman–Crippen LogP) is 2.30. The van der Waals surface area contributed by atoms with Crippen molar-refractivity contribution in [1.82, 2.24) is 9.97 Å². The maximum absolute atomic E-state index is 5.77. The molecule has 4 nitrogen and oxygen atoms in total. The third-order valence-electron chi connectivity index (χ3n) is 2.57. The summed E-state index contributed by atoms with van der Waals surface area (Å²) in [5.41, 5.74) is 1.46. The molecule has 0 bridgehead atoms. The van der Waals surface area contributed by atoms with E-state index < -0.39 is 0 Å². The monoisotopic (exact) mass is 228 g/mol. The van der Waals surface area contributed by atoms with Gasteiger partial charge in [0.2, 0.25) is 0 Å². The Morgan fingerprint density at radius 2 is 1.71 bits per heavy atom. The van der Waals surface area contributed by atoms with Crippen molar-refractivity contribution in [1.29, 1.82) is 0 Å². The summed E-state index contributed by atoms with van der Waals surface area (Å²) in [5.74, 6) is 1.51. The number of hydrogen-bond donors (Lipinski definition) is 0. The molecule has 17 heavy (non-hydrogen) atoms. The highest BCUT2D eigenvalue weighted by Gasteiger charge is 2.19. The van der Waals surface area contributed by atoms with Gasteiger partial charge in [-0.2, -0.15) is 0 Å². The number of rotatable bonds is 0. The third-order valence-corrected chi connectivity index (χ3v) is 2.57. The lowest BCUT2D eigenvalue weighted by Gasteiger charge is -2.21. The minimum Gasteiger partial charge on any atom is -0.487 e. The average Bonchev–Trinajstić information content (AvgIpc) is 2.36. The van der Waals surface area contributed by atoms with Gasteiger partial charge in [0.15, 0.2) is 0 Å². The maximum atomic E-state index is 5.77. The molecule has 3 rings (SSSR count). The van der Waals surface area contributed by atoms with Crippen molar-refractivity contribution in [3.05, 3.63) is 36.7 Å². The lowest BCUT2D eigenvalue weighted by molar-refractivity contribution is 0.140. The molecular weight excluding hydrogens is 216 g/mol. The van der Waals surface area contributed by atoms with Gasteiger partial charge in [-0.3, -0.25) is 9.97 Å². The number of nitrogens with zero attached hydrogens (tertiary/aromatic N) is 2. The van der Waals surface area contributed by atoms with E-state index in [9.17, 15) is 0 Å². The summed E-state index contributed by atoms with van der Waals surface area (Å²) in [6.07, 6.45) is 3.45. The van der Waals surface area contributed by atoms with E-state index in [1.54, 1.807) is 12.4 Å². The molecule has 0 saturated heterocycles. The molecule has 2 aromatic heterocycles. The molecule has 1 atom stereocenters. The molecule has 86 valence electrons. The summed E-state index contributed by atoms with van der Waals surface area (Å²) in [5, 5.41) is 0. The van der Waals surface area contributed by atoms with Crippen LogP contribution in [0.2, 0.25) is 0 Å². The molecule has 1 aliphatic heterocycles. The zero-order valence-electron chi connectivity index (χ0n) is 9.46. The number of aromatic nitrogens is 2. The minimum atomic E-state index is -0.00805. The van der Waals surface area contributed by atoms with Gasteiger partial charge >= 0.3 is 0 Å². The van der Waals surface area contributed by atoms with Gasteiger partial charge in [-0.15, -0.1) is 0 Å². The smallest absolute Gasteiger partial charge is 0.147 e. The van der Waals surface area contributed by atoms with Crippen molar-refractivity contribution >= 4 is 0 Å². The second-order valence-corrected chi connectivity index (χ2v) is 3.94. The molecule has 0 amide bonds. The van der Waals surface area contributed by atoms with Crippen LogP contribution in [0.15, 0.2) is 36.7 Å². The van der Waals surface area contributed by atoms with Crippen molar-refractivity contribution in [3.63, 3.8) is 0 Å². The van der Waals surface area contributed by atoms with Crippen molar-refractivity contribution in [2.45, 2.75) is 13.0 Å². The Balaban J connectivity index is 2.20. The summed E-state index contributed by atoms with van der Waals surface area (Å²) in [6.45, 7) is 2.48. The van der Waals surface area contributed by atoms with E-state index in [1.807, 2.05) is 31.2 Å². The van der Waals surface area contributed by atoms with Crippen molar-refractivity contribution in [2.75, 3.05) is 6.61 Å². The van der Waals surface area contributed by atoms with Crippen LogP contribution in [0.4, 0.5) is 0 Å². The van der Waals surface area contributed by atoms with Gasteiger partial charge in [-0.05, 0) is 31.2 Å². The molecule has 0 saturated carbocycles. The normalized spacial score (nSPS) is 17.8. The molecule has 3 heterocycles. The second kappa shape index (κ2) is 4.05. The standard InChI is InChI=1S/C13H12N2O2/c1-9-8-16-10-4-2-6-14-12(10)13-11(17-9)5-3-7-15-13/h2-7,9H,8H2,1H3. The minimum absolute atomic E-state index is 0.00805. The summed E-state index contributed by atoms with van der Waals surface area (Å²) in [4.78, 5) is 8.65. The fourth-order valence-corrected chi connectivity index (χ4v) is 1.81. The summed E-state index contributed by atoms with van der Waals surface area (Å²) >= 11 is 0. The van der Waals surface area contributed by atoms with E-state index in [2.05, 4.69) is 9.97 Å². The Morgan fingerprint density at radius 1 is 1.06 bits per heavy atom. The van der Waals surface area contributed by atoms with E-state index in [0.717, 1.165) is 22.9 Å². The number of hydrogen-bond acceptors (Lipinski definition) is 4. The fourth-order valence-electron chi connectivity index (χ4n) is 1.81. The van der Waals surface area contributed by atoms with Gasteiger partial charge in [-0.1, -0.05) is 0 Å². The molecule has 1 unspecified atom stereocenters. The first-order chi connectivity index (χ1) is 8.34. The Hall–Kier alpha value is -2.10. The third kappa shape index (κ3) is 1.82. The Kier molecular flexibility index (Phi) is 2.40. The largest absolute Gasteiger partial charge is 0.487 e. The number of pyridine rings is 2. The van der Waals surface area contributed by atoms with E-state index >= 15 is 0 Å². The molecule has 4 heteroatoms. The van der Waals surface area contributed by atoms with Crippen LogP contribution in [0.5, 0.6) is 11.5 Å². The molecule has 0 fully saturated rings. The quantitative estimate of drug-likeness (QED) is 0.694. The van der Waals surface area contributed by atoms with Crippen LogP contribution in [-0.2, 0) is 0 Å². The first-order valence-electron chi connectivity index (χ1n) is 5.54. The average molecular weight is 228 g/mol. The van der Waals surface area contributed by atoms with Gasteiger partial charge < -0.3 is 9.47 Å². The molecule has 1 aliphatic rings. The molecular formula is C13H12N2O2. The van der Waals surface area contributed by atoms with Gasteiger partial charge in [-0.25, -0.2) is 0 Å². The topological polar surface area (TPSA) is 44.2 Å². The number of fused-ring (bicyclic) bond motifs is 3. The SMILES string of the molecule is CC1COc2cccnc2-c2ncccc2O1. The lowest BCUT2D eigenvalue weighted by Crippen LogP contribution is -2.23. The molecule has 0 N–H and O–H groups in total. The summed E-state index contributed by atoms with van der Waals surface area (Å²) < 4.78 is 11.4.